The largest absolute Gasteiger partial charge is 0.506 e. The molecule has 1 aliphatic carbocycles. The van der Waals surface area contributed by atoms with Gasteiger partial charge < -0.3 is 36.5 Å². The van der Waals surface area contributed by atoms with Gasteiger partial charge in [-0.15, -0.1) is 0 Å². The quantitative estimate of drug-likeness (QED) is 0.118. The number of likely N-dealkylation sites (tertiary alicyclic amines) is 1. The molecule has 1 aromatic heterocycles. The molecule has 0 spiro atoms. The number of nitrogens with one attached hydrogen (secondary N) is 3. The topological polar surface area (TPSA) is 161 Å². The average Bonchev–Trinajstić information content (AvgIpc) is 3.60. The number of carbonyl (C=O) groups excluding carboxylic acids is 2. The highest BCUT2D eigenvalue weighted by Gasteiger charge is 2.49. The Morgan fingerprint density at radius 1 is 0.920 bits per heavy atom. The van der Waals surface area contributed by atoms with E-state index in [1.807, 2.05) is 60.7 Å². The summed E-state index contributed by atoms with van der Waals surface area (Å²) in [5, 5.41) is 28.3. The van der Waals surface area contributed by atoms with Gasteiger partial charge in [-0.05, 0) is 85.3 Å². The molecule has 10 heteroatoms. The van der Waals surface area contributed by atoms with Crippen molar-refractivity contribution in [2.24, 2.45) is 23.5 Å². The van der Waals surface area contributed by atoms with Crippen molar-refractivity contribution >= 4 is 22.7 Å². The molecule has 1 saturated heterocycles. The molecular weight excluding hydrogens is 630 g/mol. The molecular formula is C40H49N5O5. The summed E-state index contributed by atoms with van der Waals surface area (Å²) in [6, 6.07) is 25.9. The Morgan fingerprint density at radius 3 is 2.28 bits per heavy atom. The van der Waals surface area contributed by atoms with Gasteiger partial charge in [0.2, 0.25) is 17.4 Å². The van der Waals surface area contributed by atoms with Gasteiger partial charge in [-0.25, -0.2) is 0 Å². The Balaban J connectivity index is 0.957. The van der Waals surface area contributed by atoms with Crippen LogP contribution in [0.3, 0.4) is 0 Å². The monoisotopic (exact) mass is 679 g/mol. The fourth-order valence-corrected chi connectivity index (χ4v) is 8.38. The lowest BCUT2D eigenvalue weighted by molar-refractivity contribution is -0.124. The van der Waals surface area contributed by atoms with E-state index in [2.05, 4.69) is 20.5 Å². The minimum absolute atomic E-state index is 0.00674. The van der Waals surface area contributed by atoms with E-state index in [0.717, 1.165) is 56.3 Å². The molecule has 10 nitrogen and oxygen atoms in total. The Kier molecular flexibility index (Phi) is 11.3. The van der Waals surface area contributed by atoms with Crippen LogP contribution in [0.25, 0.3) is 10.9 Å². The first-order valence-electron chi connectivity index (χ1n) is 17.9. The summed E-state index contributed by atoms with van der Waals surface area (Å²) in [5.74, 6) is 0.527. The zero-order valence-electron chi connectivity index (χ0n) is 28.5. The maximum Gasteiger partial charge on any atom is 0.248 e. The third kappa shape index (κ3) is 7.78. The number of aromatic amines is 1. The second-order valence-electron chi connectivity index (χ2n) is 14.1. The van der Waals surface area contributed by atoms with Gasteiger partial charge in [-0.2, -0.15) is 0 Å². The summed E-state index contributed by atoms with van der Waals surface area (Å²) < 4.78 is 0. The number of phenols is 1. The zero-order valence-corrected chi connectivity index (χ0v) is 28.5. The van der Waals surface area contributed by atoms with E-state index in [1.165, 1.54) is 12.1 Å². The van der Waals surface area contributed by atoms with Crippen LogP contribution in [0.4, 0.5) is 0 Å². The van der Waals surface area contributed by atoms with Crippen LogP contribution in [0.1, 0.15) is 61.3 Å². The van der Waals surface area contributed by atoms with Crippen molar-refractivity contribution in [1.82, 2.24) is 20.5 Å². The minimum atomic E-state index is -0.939. The van der Waals surface area contributed by atoms with Crippen LogP contribution in [0.2, 0.25) is 0 Å². The second-order valence-corrected chi connectivity index (χ2v) is 14.1. The number of aromatic hydroxyl groups is 1. The number of hydrogen-bond acceptors (Lipinski definition) is 7. The van der Waals surface area contributed by atoms with Crippen LogP contribution < -0.4 is 21.9 Å². The minimum Gasteiger partial charge on any atom is -0.506 e. The fourth-order valence-electron chi connectivity index (χ4n) is 8.38. The molecule has 2 unspecified atom stereocenters. The van der Waals surface area contributed by atoms with Gasteiger partial charge in [0.1, 0.15) is 11.2 Å². The number of H-pyrrole nitrogens is 1. The highest BCUT2D eigenvalue weighted by Crippen LogP contribution is 2.43. The second kappa shape index (κ2) is 16.0. The third-order valence-electron chi connectivity index (χ3n) is 10.9. The predicted octanol–water partition coefficient (Wildman–Crippen LogP) is 3.96. The summed E-state index contributed by atoms with van der Waals surface area (Å²) in [7, 11) is 0. The van der Waals surface area contributed by atoms with Crippen LogP contribution in [-0.4, -0.2) is 71.2 Å². The molecule has 4 aromatic rings. The number of fused-ring (bicyclic) bond motifs is 1. The van der Waals surface area contributed by atoms with E-state index < -0.39 is 11.5 Å². The molecule has 7 N–H and O–H groups in total. The number of aliphatic hydroxyl groups is 1. The van der Waals surface area contributed by atoms with E-state index in [-0.39, 0.29) is 29.0 Å². The van der Waals surface area contributed by atoms with E-state index in [1.54, 1.807) is 12.1 Å². The smallest absolute Gasteiger partial charge is 0.248 e. The lowest BCUT2D eigenvalue weighted by atomic mass is 9.64. The van der Waals surface area contributed by atoms with Crippen molar-refractivity contribution in [2.75, 3.05) is 39.3 Å². The van der Waals surface area contributed by atoms with E-state index in [4.69, 9.17) is 5.73 Å². The van der Waals surface area contributed by atoms with Crippen molar-refractivity contribution in [1.29, 1.82) is 0 Å². The average molecular weight is 680 g/mol. The van der Waals surface area contributed by atoms with Crippen LogP contribution in [0.5, 0.6) is 5.75 Å². The molecule has 2 fully saturated rings. The summed E-state index contributed by atoms with van der Waals surface area (Å²) in [6.07, 6.45) is 4.72. The molecule has 1 saturated carbocycles. The standard InChI is InChI=1S/C40H49N5O5/c41-39(50)40(29-10-3-1-4-11-29,30-12-5-2-6-13-30)31-18-20-45(26-31)21-19-36(48)43-24-28-9-7-8-27(22-28)23-42-25-35(47)32-14-16-34(46)38-33(32)15-17-37(49)44-38/h1-6,10-17,27-28,31,35,42,46-47H,7-9,18-26H2,(H2,41,50)(H,43,48)(H,44,49)/t27?,28?,31-,35-/m1/s1. The number of aromatic nitrogens is 1. The lowest BCUT2D eigenvalue weighted by Gasteiger charge is -2.37. The highest BCUT2D eigenvalue weighted by atomic mass is 16.3. The van der Waals surface area contributed by atoms with Crippen molar-refractivity contribution in [3.63, 3.8) is 0 Å². The highest BCUT2D eigenvalue weighted by molar-refractivity contribution is 5.91. The number of benzene rings is 3. The molecule has 6 rings (SSSR count). The number of carbonyl (C=O) groups is 2. The first-order chi connectivity index (χ1) is 24.3. The number of hydrogen-bond donors (Lipinski definition) is 6. The van der Waals surface area contributed by atoms with Gasteiger partial charge >= 0.3 is 0 Å². The third-order valence-corrected chi connectivity index (χ3v) is 10.9. The first kappa shape index (κ1) is 35.3. The van der Waals surface area contributed by atoms with Crippen molar-refractivity contribution in [3.8, 4) is 5.75 Å². The van der Waals surface area contributed by atoms with Crippen molar-refractivity contribution < 1.29 is 19.8 Å². The summed E-state index contributed by atoms with van der Waals surface area (Å²) in [6.45, 7) is 3.90. The normalized spacial score (nSPS) is 20.5. The number of nitrogens with two attached hydrogens (primary N) is 1. The molecule has 3 aromatic carbocycles. The van der Waals surface area contributed by atoms with Gasteiger partial charge in [0.25, 0.3) is 0 Å². The van der Waals surface area contributed by atoms with E-state index >= 15 is 0 Å². The summed E-state index contributed by atoms with van der Waals surface area (Å²) >= 11 is 0. The van der Waals surface area contributed by atoms with Crippen LogP contribution in [-0.2, 0) is 15.0 Å². The van der Waals surface area contributed by atoms with Gasteiger partial charge in [-0.1, -0.05) is 73.2 Å². The molecule has 4 atom stereocenters. The summed E-state index contributed by atoms with van der Waals surface area (Å²) in [5.41, 5.74) is 7.78. The molecule has 2 aliphatic rings. The van der Waals surface area contributed by atoms with Gasteiger partial charge in [0.15, 0.2) is 0 Å². The number of rotatable bonds is 14. The maximum atomic E-state index is 13.4. The molecule has 2 amide bonds. The molecule has 0 bridgehead atoms. The van der Waals surface area contributed by atoms with Crippen LogP contribution in [0, 0.1) is 17.8 Å². The molecule has 0 radical (unpaired) electrons. The number of phenolic OH excluding ortho intramolecular Hbond substituents is 1. The van der Waals surface area contributed by atoms with Gasteiger partial charge in [0, 0.05) is 44.1 Å². The van der Waals surface area contributed by atoms with Crippen LogP contribution in [0.15, 0.2) is 89.7 Å². The number of nitrogens with zero attached hydrogens (tertiary/aromatic N) is 1. The molecule has 50 heavy (non-hydrogen) atoms. The van der Waals surface area contributed by atoms with Crippen molar-refractivity contribution in [3.05, 3.63) is 112 Å². The maximum absolute atomic E-state index is 13.4. The zero-order chi connectivity index (χ0) is 35.1. The first-order valence-corrected chi connectivity index (χ1v) is 17.9. The number of primary amides is 1. The Hall–Kier alpha value is -4.51. The fraction of sp³-hybridized carbons (Fsp3) is 0.425. The van der Waals surface area contributed by atoms with E-state index in [9.17, 15) is 24.6 Å². The Morgan fingerprint density at radius 2 is 1.60 bits per heavy atom. The van der Waals surface area contributed by atoms with E-state index in [0.29, 0.717) is 60.9 Å². The van der Waals surface area contributed by atoms with Gasteiger partial charge in [0.05, 0.1) is 11.6 Å². The molecule has 2 heterocycles. The van der Waals surface area contributed by atoms with Crippen molar-refractivity contribution in [2.45, 2.75) is 50.0 Å². The van der Waals surface area contributed by atoms with Gasteiger partial charge in [-0.3, -0.25) is 14.4 Å². The van der Waals surface area contributed by atoms with Crippen LogP contribution >= 0.6 is 0 Å². The number of amides is 2. The lowest BCUT2D eigenvalue weighted by Crippen LogP contribution is -2.49. The SMILES string of the molecule is NC(=O)C(c1ccccc1)(c1ccccc1)[C@@H]1CCN(CCC(=O)NCC2CCCC(CNC[C@@H](O)c3ccc(O)c4[nH]c(=O)ccc34)C2)C1. The Labute approximate surface area is 293 Å². The summed E-state index contributed by atoms with van der Waals surface area (Å²) in [4.78, 5) is 43.0. The Bertz CT molecular complexity index is 1770. The predicted molar refractivity (Wildman–Crippen MR) is 195 cm³/mol. The molecule has 264 valence electrons. The molecule has 1 aliphatic heterocycles. The number of aliphatic hydroxyl groups excluding tert-OH is 1. The number of pyridine rings is 1.